The Bertz CT molecular complexity index is 1400. The van der Waals surface area contributed by atoms with E-state index in [1.54, 1.807) is 0 Å². The van der Waals surface area contributed by atoms with Gasteiger partial charge < -0.3 is 51.3 Å². The van der Waals surface area contributed by atoms with Crippen LogP contribution >= 0.6 is 0 Å². The van der Waals surface area contributed by atoms with Crippen molar-refractivity contribution in [2.24, 2.45) is 11.3 Å². The molecule has 0 radical (unpaired) electrons. The number of unbranched alkanes of at least 4 members (excludes halogenated alkanes) is 14. The molecule has 0 aromatic rings. The zero-order valence-corrected chi connectivity index (χ0v) is 42.4. The average Bonchev–Trinajstić information content (AvgIpc) is 3.28. The van der Waals surface area contributed by atoms with Crippen molar-refractivity contribution < 1.29 is 68.9 Å². The van der Waals surface area contributed by atoms with E-state index in [0.29, 0.717) is 38.8 Å². The molecule has 0 aliphatic carbocycles. The summed E-state index contributed by atoms with van der Waals surface area (Å²) < 4.78 is 21.5. The molecule has 68 heavy (non-hydrogen) atoms. The Morgan fingerprint density at radius 1 is 0.529 bits per heavy atom. The number of Topliss-reactive ketones (excluding diaryl/α,β-unsaturated/α-hetero) is 3. The van der Waals surface area contributed by atoms with Crippen LogP contribution in [0.15, 0.2) is 0 Å². The number of hydrogen-bond acceptors (Lipinski definition) is 13. The van der Waals surface area contributed by atoms with Crippen LogP contribution in [0.3, 0.4) is 0 Å². The lowest BCUT2D eigenvalue weighted by Crippen LogP contribution is -2.41. The normalized spacial score (nSPS) is 12.1. The average molecular weight is 975 g/mol. The van der Waals surface area contributed by atoms with Gasteiger partial charge in [-0.1, -0.05) is 104 Å². The number of ether oxygens (including phenoxy) is 4. The van der Waals surface area contributed by atoms with Gasteiger partial charge in [0.1, 0.15) is 36.6 Å². The second-order valence-electron chi connectivity index (χ2n) is 18.2. The third-order valence-corrected chi connectivity index (χ3v) is 11.9. The Balaban J connectivity index is -0.0000218. The maximum atomic E-state index is 12.5. The number of ketones is 3. The molecule has 3 amide bonds. The van der Waals surface area contributed by atoms with Gasteiger partial charge in [-0.25, -0.2) is 4.79 Å². The van der Waals surface area contributed by atoms with Crippen molar-refractivity contribution in [2.45, 2.75) is 194 Å². The minimum absolute atomic E-state index is 0. The quantitative estimate of drug-likeness (QED) is 0.0322. The number of amides is 3. The highest BCUT2D eigenvalue weighted by Crippen LogP contribution is 2.27. The molecule has 0 aliphatic heterocycles. The molecule has 0 bridgehead atoms. The van der Waals surface area contributed by atoms with E-state index in [2.05, 4.69) is 16.0 Å². The van der Waals surface area contributed by atoms with Crippen LogP contribution in [0.4, 0.5) is 0 Å². The number of nitrogens with one attached hydrogen (secondary N) is 3. The van der Waals surface area contributed by atoms with Gasteiger partial charge in [0.15, 0.2) is 0 Å². The molecule has 8 N–H and O–H groups in total. The molecule has 0 spiro atoms. The lowest BCUT2D eigenvalue weighted by molar-refractivity contribution is -0.142. The van der Waals surface area contributed by atoms with Crippen molar-refractivity contribution >= 4 is 47.0 Å². The molecule has 0 aromatic heterocycles. The van der Waals surface area contributed by atoms with Gasteiger partial charge >= 0.3 is 11.9 Å². The first-order chi connectivity index (χ1) is 32.1. The standard InChI is InChI=1S/C50H89N3O14.H3N.H2/c1-5-50(3,4)44(56)37-41(40(2)54)23-20-21-29-51-46(58)38-67-36-34-65-32-30-52-47(59)39-66-35-33-64-31-22-24-42(55)27-28-43(49(62)63)53-45(57)25-18-16-14-12-10-8-6-7-9-11-13-15-17-19-26-48(60)61;;/h41,43H,5-39H2,1-4H3,(H,51,58)(H,52,59)(H,53,57)(H,60,61)(H,62,63);1H3;1H/t41-,43?;;/m1../s1. The zero-order valence-electron chi connectivity index (χ0n) is 42.4. The fourth-order valence-electron chi connectivity index (χ4n) is 7.03. The molecule has 1 unspecified atom stereocenters. The molecule has 0 aromatic carbocycles. The Morgan fingerprint density at radius 3 is 1.51 bits per heavy atom. The fourth-order valence-corrected chi connectivity index (χ4v) is 7.03. The molecule has 398 valence electrons. The van der Waals surface area contributed by atoms with Gasteiger partial charge in [-0.15, -0.1) is 0 Å². The van der Waals surface area contributed by atoms with Crippen LogP contribution in [0.1, 0.15) is 190 Å². The summed E-state index contributed by atoms with van der Waals surface area (Å²) in [5, 5.41) is 26.2. The lowest BCUT2D eigenvalue weighted by atomic mass is 9.79. The molecule has 18 nitrogen and oxygen atoms in total. The van der Waals surface area contributed by atoms with Crippen LogP contribution in [0.25, 0.3) is 0 Å². The van der Waals surface area contributed by atoms with Crippen molar-refractivity contribution in [1.82, 2.24) is 22.1 Å². The predicted octanol–water partition coefficient (Wildman–Crippen LogP) is 7.49. The first-order valence-corrected chi connectivity index (χ1v) is 25.2. The molecular formula is C50H94N4O14. The first kappa shape index (κ1) is 66.2. The topological polar surface area (TPSA) is 285 Å². The minimum Gasteiger partial charge on any atom is -0.481 e. The number of rotatable bonds is 49. The summed E-state index contributed by atoms with van der Waals surface area (Å²) in [7, 11) is 0. The number of aliphatic carboxylic acids is 2. The van der Waals surface area contributed by atoms with E-state index in [4.69, 9.17) is 24.1 Å². The number of hydrogen-bond donors (Lipinski definition) is 6. The van der Waals surface area contributed by atoms with Gasteiger partial charge in [-0.2, -0.15) is 0 Å². The second-order valence-corrected chi connectivity index (χ2v) is 18.2. The van der Waals surface area contributed by atoms with Crippen molar-refractivity contribution in [3.63, 3.8) is 0 Å². The first-order valence-electron chi connectivity index (χ1n) is 25.2. The molecule has 0 fully saturated rings. The minimum atomic E-state index is -1.16. The molecular weight excluding hydrogens is 881 g/mol. The van der Waals surface area contributed by atoms with Gasteiger partial charge in [0, 0.05) is 64.6 Å². The van der Waals surface area contributed by atoms with E-state index < -0.39 is 23.4 Å². The highest BCUT2D eigenvalue weighted by molar-refractivity contribution is 5.89. The van der Waals surface area contributed by atoms with Crippen LogP contribution in [-0.4, -0.2) is 129 Å². The largest absolute Gasteiger partial charge is 0.481 e. The lowest BCUT2D eigenvalue weighted by Gasteiger charge is -2.23. The highest BCUT2D eigenvalue weighted by atomic mass is 16.5. The number of carbonyl (C=O) groups excluding carboxylic acids is 6. The third kappa shape index (κ3) is 41.2. The smallest absolute Gasteiger partial charge is 0.326 e. The molecule has 0 rings (SSSR count). The van der Waals surface area contributed by atoms with Gasteiger partial charge in [-0.05, 0) is 51.9 Å². The van der Waals surface area contributed by atoms with Crippen LogP contribution in [0.2, 0.25) is 0 Å². The Morgan fingerprint density at radius 2 is 1.01 bits per heavy atom. The van der Waals surface area contributed by atoms with Crippen molar-refractivity contribution in [1.29, 1.82) is 0 Å². The summed E-state index contributed by atoms with van der Waals surface area (Å²) in [6.45, 7) is 9.20. The predicted molar refractivity (Wildman–Crippen MR) is 263 cm³/mol. The van der Waals surface area contributed by atoms with E-state index in [0.717, 1.165) is 51.4 Å². The molecule has 18 heteroatoms. The summed E-state index contributed by atoms with van der Waals surface area (Å²) in [4.78, 5) is 95.5. The van der Waals surface area contributed by atoms with Crippen LogP contribution < -0.4 is 22.1 Å². The Kier molecular flexibility index (Phi) is 43.2. The van der Waals surface area contributed by atoms with Crippen molar-refractivity contribution in [2.75, 3.05) is 65.9 Å². The van der Waals surface area contributed by atoms with E-state index in [-0.39, 0.29) is 140 Å². The number of carboxylic acid groups (broad SMARTS) is 2. The maximum Gasteiger partial charge on any atom is 0.326 e. The number of carboxylic acids is 2. The monoisotopic (exact) mass is 975 g/mol. The Hall–Kier alpha value is -3.84. The number of carbonyl (C=O) groups is 8. The fraction of sp³-hybridized carbons (Fsp3) is 0.840. The molecule has 0 saturated carbocycles. The Labute approximate surface area is 408 Å². The van der Waals surface area contributed by atoms with Gasteiger partial charge in [-0.3, -0.25) is 33.6 Å². The highest BCUT2D eigenvalue weighted by Gasteiger charge is 2.29. The van der Waals surface area contributed by atoms with E-state index >= 15 is 0 Å². The van der Waals surface area contributed by atoms with Gasteiger partial charge in [0.2, 0.25) is 17.7 Å². The van der Waals surface area contributed by atoms with E-state index in [9.17, 15) is 43.5 Å². The van der Waals surface area contributed by atoms with E-state index in [1.165, 1.54) is 51.9 Å². The third-order valence-electron chi connectivity index (χ3n) is 11.9. The van der Waals surface area contributed by atoms with Crippen LogP contribution in [-0.2, 0) is 57.3 Å². The van der Waals surface area contributed by atoms with Crippen molar-refractivity contribution in [3.8, 4) is 0 Å². The SMILES string of the molecule is CCC(C)(C)C(=O)C[C@@H](CCCCNC(=O)COCCOCCNC(=O)COCCOCCCC(=O)CCC(NC(=O)CCCCCCCCCCCCCCCCC(=O)O)C(=O)O)C(C)=O.N.[HH]. The molecule has 2 atom stereocenters. The summed E-state index contributed by atoms with van der Waals surface area (Å²) in [6, 6.07) is -1.11. The van der Waals surface area contributed by atoms with Gasteiger partial charge in [0.05, 0.1) is 33.0 Å². The zero-order chi connectivity index (χ0) is 50.0. The molecule has 0 heterocycles. The summed E-state index contributed by atoms with van der Waals surface area (Å²) in [5.41, 5.74) is -0.432. The van der Waals surface area contributed by atoms with Gasteiger partial charge in [0.25, 0.3) is 0 Å². The van der Waals surface area contributed by atoms with Crippen molar-refractivity contribution in [3.05, 3.63) is 0 Å². The summed E-state index contributed by atoms with van der Waals surface area (Å²) in [6.07, 6.45) is 19.4. The van der Waals surface area contributed by atoms with Crippen LogP contribution in [0.5, 0.6) is 0 Å². The summed E-state index contributed by atoms with van der Waals surface area (Å²) >= 11 is 0. The molecule has 0 aliphatic rings. The second kappa shape index (κ2) is 44.4. The maximum absolute atomic E-state index is 12.5. The molecule has 0 saturated heterocycles. The summed E-state index contributed by atoms with van der Waals surface area (Å²) in [5.74, 6) is -3.03. The van der Waals surface area contributed by atoms with E-state index in [1.807, 2.05) is 20.8 Å². The van der Waals surface area contributed by atoms with Crippen LogP contribution in [0, 0.1) is 11.3 Å².